The highest BCUT2D eigenvalue weighted by Gasteiger charge is 2.30. The molecule has 0 bridgehead atoms. The van der Waals surface area contributed by atoms with Crippen molar-refractivity contribution >= 4 is 6.21 Å². The molecule has 136 valence electrons. The summed E-state index contributed by atoms with van der Waals surface area (Å²) in [6, 6.07) is 0.926. The summed E-state index contributed by atoms with van der Waals surface area (Å²) in [5, 5.41) is 7.26. The number of aliphatic imine (C=N–C) groups is 1. The first-order valence-electron chi connectivity index (χ1n) is 9.76. The maximum atomic E-state index is 6.01. The Bertz CT molecular complexity index is 470. The van der Waals surface area contributed by atoms with Crippen molar-refractivity contribution in [3.63, 3.8) is 0 Å². The highest BCUT2D eigenvalue weighted by Crippen LogP contribution is 2.27. The summed E-state index contributed by atoms with van der Waals surface area (Å²) in [6.07, 6.45) is 11.3. The lowest BCUT2D eigenvalue weighted by atomic mass is 9.87. The Balaban J connectivity index is 1.50. The Morgan fingerprint density at radius 2 is 1.88 bits per heavy atom. The van der Waals surface area contributed by atoms with E-state index in [-0.39, 0.29) is 5.66 Å². The van der Waals surface area contributed by atoms with Gasteiger partial charge in [-0.25, -0.2) is 4.99 Å². The van der Waals surface area contributed by atoms with Crippen LogP contribution < -0.4 is 16.4 Å². The summed E-state index contributed by atoms with van der Waals surface area (Å²) in [5.74, 6) is 2.75. The fourth-order valence-corrected chi connectivity index (χ4v) is 4.22. The molecule has 4 N–H and O–H groups in total. The van der Waals surface area contributed by atoms with Crippen molar-refractivity contribution in [1.82, 2.24) is 15.5 Å². The first-order chi connectivity index (χ1) is 11.5. The zero-order chi connectivity index (χ0) is 17.2. The molecule has 5 heteroatoms. The molecule has 3 rings (SSSR count). The molecule has 1 atom stereocenters. The highest BCUT2D eigenvalue weighted by atomic mass is 15.3. The number of nitrogens with zero attached hydrogens (tertiary/aromatic N) is 2. The van der Waals surface area contributed by atoms with Gasteiger partial charge in [0.25, 0.3) is 0 Å². The molecule has 0 spiro atoms. The van der Waals surface area contributed by atoms with Crippen LogP contribution in [0.5, 0.6) is 0 Å². The monoisotopic (exact) mass is 333 g/mol. The lowest BCUT2D eigenvalue weighted by Crippen LogP contribution is -2.59. The van der Waals surface area contributed by atoms with Crippen molar-refractivity contribution in [2.45, 2.75) is 77.0 Å². The van der Waals surface area contributed by atoms with Gasteiger partial charge in [-0.05, 0) is 57.3 Å². The highest BCUT2D eigenvalue weighted by molar-refractivity contribution is 5.71. The predicted octanol–water partition coefficient (Wildman–Crippen LogP) is 2.40. The van der Waals surface area contributed by atoms with Crippen LogP contribution in [0.4, 0.5) is 0 Å². The number of hydrogen-bond acceptors (Lipinski definition) is 5. The van der Waals surface area contributed by atoms with Crippen LogP contribution in [0.25, 0.3) is 0 Å². The SMILES string of the molecule is CC(C)C1CCN(C2=CNC(C)(NC3CCC(N)CC3)C=N2)CC1. The van der Waals surface area contributed by atoms with Crippen molar-refractivity contribution in [3.8, 4) is 0 Å². The molecule has 1 saturated carbocycles. The minimum absolute atomic E-state index is 0.244. The summed E-state index contributed by atoms with van der Waals surface area (Å²) in [6.45, 7) is 9.10. The van der Waals surface area contributed by atoms with Crippen LogP contribution in [-0.2, 0) is 0 Å². The van der Waals surface area contributed by atoms with Crippen LogP contribution in [0.15, 0.2) is 17.0 Å². The molecule has 0 radical (unpaired) electrons. The van der Waals surface area contributed by atoms with Crippen LogP contribution >= 0.6 is 0 Å². The van der Waals surface area contributed by atoms with Gasteiger partial charge in [-0.1, -0.05) is 13.8 Å². The van der Waals surface area contributed by atoms with Crippen LogP contribution in [-0.4, -0.2) is 42.0 Å². The van der Waals surface area contributed by atoms with E-state index < -0.39 is 0 Å². The normalized spacial score (nSPS) is 35.0. The minimum Gasteiger partial charge on any atom is -0.366 e. The lowest BCUT2D eigenvalue weighted by Gasteiger charge is -2.40. The molecule has 24 heavy (non-hydrogen) atoms. The second kappa shape index (κ2) is 7.44. The van der Waals surface area contributed by atoms with Gasteiger partial charge in [0.15, 0.2) is 0 Å². The fourth-order valence-electron chi connectivity index (χ4n) is 4.22. The van der Waals surface area contributed by atoms with E-state index in [1.54, 1.807) is 0 Å². The standard InChI is InChI=1S/C19H35N5/c1-14(2)15-8-10-24(11-9-15)18-12-22-19(3,13-21-18)23-17-6-4-16(20)5-7-17/h12-17,22-23H,4-11,20H2,1-3H3. The molecule has 0 aromatic rings. The first kappa shape index (κ1) is 17.7. The quantitative estimate of drug-likeness (QED) is 0.739. The van der Waals surface area contributed by atoms with Gasteiger partial charge in [0.2, 0.25) is 0 Å². The summed E-state index contributed by atoms with van der Waals surface area (Å²) in [5.41, 5.74) is 5.76. The largest absolute Gasteiger partial charge is 0.366 e. The van der Waals surface area contributed by atoms with Crippen LogP contribution in [0.3, 0.4) is 0 Å². The number of hydrogen-bond donors (Lipinski definition) is 3. The van der Waals surface area contributed by atoms with Gasteiger partial charge in [-0.3, -0.25) is 5.32 Å². The second-order valence-electron chi connectivity index (χ2n) is 8.43. The number of rotatable bonds is 4. The van der Waals surface area contributed by atoms with Gasteiger partial charge >= 0.3 is 0 Å². The van der Waals surface area contributed by atoms with Crippen LogP contribution in [0.2, 0.25) is 0 Å². The Hall–Kier alpha value is -1.07. The molecule has 0 aromatic carbocycles. The Labute approximate surface area is 147 Å². The van der Waals surface area contributed by atoms with Gasteiger partial charge in [0, 0.05) is 37.6 Å². The Morgan fingerprint density at radius 1 is 1.21 bits per heavy atom. The molecule has 0 amide bonds. The smallest absolute Gasteiger partial charge is 0.144 e. The van der Waals surface area contributed by atoms with Crippen molar-refractivity contribution in [3.05, 3.63) is 12.0 Å². The molecular weight excluding hydrogens is 298 g/mol. The van der Waals surface area contributed by atoms with Crippen molar-refractivity contribution in [2.75, 3.05) is 13.1 Å². The molecule has 2 heterocycles. The number of piperidine rings is 1. The van der Waals surface area contributed by atoms with E-state index in [1.807, 2.05) is 6.21 Å². The van der Waals surface area contributed by atoms with Crippen molar-refractivity contribution < 1.29 is 0 Å². The Morgan fingerprint density at radius 3 is 2.42 bits per heavy atom. The molecule has 5 nitrogen and oxygen atoms in total. The fraction of sp³-hybridized carbons (Fsp3) is 0.842. The van der Waals surface area contributed by atoms with E-state index in [0.717, 1.165) is 56.4 Å². The predicted molar refractivity (Wildman–Crippen MR) is 101 cm³/mol. The van der Waals surface area contributed by atoms with Gasteiger partial charge < -0.3 is 16.0 Å². The van der Waals surface area contributed by atoms with Gasteiger partial charge in [-0.2, -0.15) is 0 Å². The third-order valence-corrected chi connectivity index (χ3v) is 6.04. The second-order valence-corrected chi connectivity index (χ2v) is 8.43. The molecule has 2 fully saturated rings. The first-order valence-corrected chi connectivity index (χ1v) is 9.76. The van der Waals surface area contributed by atoms with Crippen molar-refractivity contribution in [2.24, 2.45) is 22.6 Å². The molecule has 1 aliphatic carbocycles. The summed E-state index contributed by atoms with van der Waals surface area (Å²) in [4.78, 5) is 7.19. The molecular formula is C19H35N5. The van der Waals surface area contributed by atoms with Gasteiger partial charge in [-0.15, -0.1) is 0 Å². The van der Waals surface area contributed by atoms with Gasteiger partial charge in [0.1, 0.15) is 11.5 Å². The van der Waals surface area contributed by atoms with E-state index in [2.05, 4.69) is 42.5 Å². The average Bonchev–Trinajstić information content (AvgIpc) is 2.58. The third-order valence-electron chi connectivity index (χ3n) is 6.04. The molecule has 1 unspecified atom stereocenters. The third kappa shape index (κ3) is 4.31. The minimum atomic E-state index is -0.244. The maximum absolute atomic E-state index is 6.01. The zero-order valence-electron chi connectivity index (χ0n) is 15.6. The molecule has 0 aromatic heterocycles. The topological polar surface area (TPSA) is 65.7 Å². The van der Waals surface area contributed by atoms with Gasteiger partial charge in [0.05, 0.1) is 0 Å². The lowest BCUT2D eigenvalue weighted by molar-refractivity contribution is 0.186. The molecule has 2 aliphatic heterocycles. The zero-order valence-corrected chi connectivity index (χ0v) is 15.6. The summed E-state index contributed by atoms with van der Waals surface area (Å²) >= 11 is 0. The van der Waals surface area contributed by atoms with E-state index in [4.69, 9.17) is 10.7 Å². The van der Waals surface area contributed by atoms with Crippen LogP contribution in [0, 0.1) is 11.8 Å². The average molecular weight is 334 g/mol. The van der Waals surface area contributed by atoms with Crippen LogP contribution in [0.1, 0.15) is 59.3 Å². The molecule has 1 saturated heterocycles. The van der Waals surface area contributed by atoms with Crippen molar-refractivity contribution in [1.29, 1.82) is 0 Å². The molecule has 3 aliphatic rings. The Kier molecular flexibility index (Phi) is 5.50. The number of nitrogens with one attached hydrogen (secondary N) is 2. The number of nitrogens with two attached hydrogens (primary N) is 1. The summed E-state index contributed by atoms with van der Waals surface area (Å²) < 4.78 is 0. The maximum Gasteiger partial charge on any atom is 0.144 e. The van der Waals surface area contributed by atoms with E-state index in [1.165, 1.54) is 12.8 Å². The number of likely N-dealkylation sites (tertiary alicyclic amines) is 1. The van der Waals surface area contributed by atoms with E-state index >= 15 is 0 Å². The van der Waals surface area contributed by atoms with E-state index in [0.29, 0.717) is 12.1 Å². The van der Waals surface area contributed by atoms with E-state index in [9.17, 15) is 0 Å². The summed E-state index contributed by atoms with van der Waals surface area (Å²) in [7, 11) is 0.